The van der Waals surface area contributed by atoms with Gasteiger partial charge in [0.2, 0.25) is 11.3 Å². The third-order valence-electron chi connectivity index (χ3n) is 6.68. The highest BCUT2D eigenvalue weighted by Gasteiger charge is 2.55. The van der Waals surface area contributed by atoms with Crippen molar-refractivity contribution in [2.75, 3.05) is 6.54 Å². The molecule has 5 rings (SSSR count). The average Bonchev–Trinajstić information content (AvgIpc) is 3.14. The molecule has 2 amide bonds. The molecule has 12 heteroatoms. The maximum Gasteiger partial charge on any atom is 0.299 e. The van der Waals surface area contributed by atoms with Gasteiger partial charge in [-0.2, -0.15) is 0 Å². The molecule has 3 atom stereocenters. The largest absolute Gasteiger partial charge is 0.503 e. The molecule has 1 aromatic carbocycles. The van der Waals surface area contributed by atoms with E-state index in [4.69, 9.17) is 9.57 Å². The SMILES string of the molecule is CC1=NOC2(CCC(C)N3CC2n2cc(C(=O)NCc4ccc(F)cc4F)c(=O)c(O)c2C3=O)O1. The molecule has 4 heterocycles. The van der Waals surface area contributed by atoms with Crippen molar-refractivity contribution in [2.45, 2.75) is 51.1 Å². The fourth-order valence-electron chi connectivity index (χ4n) is 4.79. The Bertz CT molecular complexity index is 1340. The van der Waals surface area contributed by atoms with Crippen molar-refractivity contribution in [2.24, 2.45) is 5.16 Å². The minimum absolute atomic E-state index is 0.00458. The lowest BCUT2D eigenvalue weighted by Gasteiger charge is -2.40. The van der Waals surface area contributed by atoms with Crippen LogP contribution in [0.5, 0.6) is 5.75 Å². The summed E-state index contributed by atoms with van der Waals surface area (Å²) in [5.41, 5.74) is -1.79. The molecule has 2 bridgehead atoms. The molecule has 184 valence electrons. The monoisotopic (exact) mass is 488 g/mol. The standard InChI is InChI=1S/C23H22F2N4O6/c1-11-5-6-23(34-12(2)27-35-23)17-10-28(11)22(33)18-20(31)19(30)15(9-29(17)18)21(32)26-8-13-3-4-14(24)7-16(13)25/h3-4,7,9,11,17,31H,5-6,8,10H2,1-2H3,(H,26,32). The number of nitrogens with zero attached hydrogens (tertiary/aromatic N) is 3. The number of halogens is 2. The number of pyridine rings is 1. The van der Waals surface area contributed by atoms with Crippen LogP contribution in [0.2, 0.25) is 0 Å². The van der Waals surface area contributed by atoms with Crippen molar-refractivity contribution in [3.05, 3.63) is 63.1 Å². The minimum Gasteiger partial charge on any atom is -0.503 e. The fourth-order valence-corrected chi connectivity index (χ4v) is 4.79. The van der Waals surface area contributed by atoms with Gasteiger partial charge in [-0.15, -0.1) is 0 Å². The number of rotatable bonds is 3. The minimum atomic E-state index is -1.30. The Kier molecular flexibility index (Phi) is 5.26. The van der Waals surface area contributed by atoms with Crippen molar-refractivity contribution >= 4 is 17.7 Å². The number of benzene rings is 1. The summed E-state index contributed by atoms with van der Waals surface area (Å²) >= 11 is 0. The Morgan fingerprint density at radius 1 is 1.34 bits per heavy atom. The Hall–Kier alpha value is -3.96. The van der Waals surface area contributed by atoms with Gasteiger partial charge in [0.1, 0.15) is 23.2 Å². The van der Waals surface area contributed by atoms with E-state index in [1.165, 1.54) is 21.7 Å². The smallest absolute Gasteiger partial charge is 0.299 e. The summed E-state index contributed by atoms with van der Waals surface area (Å²) in [7, 11) is 0. The fraction of sp³-hybridized carbons (Fsp3) is 0.391. The number of amides is 2. The van der Waals surface area contributed by atoms with Crippen LogP contribution < -0.4 is 10.7 Å². The van der Waals surface area contributed by atoms with E-state index in [2.05, 4.69) is 10.5 Å². The maximum atomic E-state index is 13.9. The molecule has 0 saturated carbocycles. The number of carbonyl (C=O) groups is 2. The van der Waals surface area contributed by atoms with Crippen LogP contribution in [0.3, 0.4) is 0 Å². The van der Waals surface area contributed by atoms with E-state index in [1.807, 2.05) is 6.92 Å². The van der Waals surface area contributed by atoms with Crippen LogP contribution in [0.25, 0.3) is 0 Å². The number of fused-ring (bicyclic) bond motifs is 5. The number of ether oxygens (including phenoxy) is 1. The maximum absolute atomic E-state index is 13.9. The van der Waals surface area contributed by atoms with Gasteiger partial charge in [0, 0.05) is 50.3 Å². The first kappa shape index (κ1) is 22.8. The molecule has 35 heavy (non-hydrogen) atoms. The quantitative estimate of drug-likeness (QED) is 0.682. The van der Waals surface area contributed by atoms with Gasteiger partial charge in [0.15, 0.2) is 11.4 Å². The second kappa shape index (κ2) is 8.07. The summed E-state index contributed by atoms with van der Waals surface area (Å²) in [6.07, 6.45) is 2.05. The summed E-state index contributed by atoms with van der Waals surface area (Å²) in [6, 6.07) is 1.93. The second-order valence-corrected chi connectivity index (χ2v) is 8.87. The van der Waals surface area contributed by atoms with Gasteiger partial charge >= 0.3 is 0 Å². The van der Waals surface area contributed by atoms with Crippen molar-refractivity contribution < 1.29 is 33.1 Å². The van der Waals surface area contributed by atoms with Gasteiger partial charge in [-0.05, 0) is 24.6 Å². The topological polar surface area (TPSA) is 122 Å². The highest BCUT2D eigenvalue weighted by Crippen LogP contribution is 2.44. The lowest BCUT2D eigenvalue weighted by molar-refractivity contribution is -0.194. The van der Waals surface area contributed by atoms with Crippen LogP contribution in [-0.4, -0.2) is 50.7 Å². The molecule has 1 fully saturated rings. The molecule has 2 aromatic rings. The summed E-state index contributed by atoms with van der Waals surface area (Å²) in [6.45, 7) is 3.27. The number of aromatic hydroxyl groups is 1. The molecule has 10 nitrogen and oxygen atoms in total. The van der Waals surface area contributed by atoms with Crippen LogP contribution in [0, 0.1) is 11.6 Å². The van der Waals surface area contributed by atoms with E-state index in [1.54, 1.807) is 6.92 Å². The molecule has 3 aliphatic heterocycles. The normalized spacial score (nSPS) is 24.9. The number of hydrogen-bond acceptors (Lipinski definition) is 7. The van der Waals surface area contributed by atoms with Crippen LogP contribution >= 0.6 is 0 Å². The summed E-state index contributed by atoms with van der Waals surface area (Å²) in [5.74, 6) is -4.99. The molecule has 1 aromatic heterocycles. The average molecular weight is 488 g/mol. The predicted molar refractivity (Wildman–Crippen MR) is 117 cm³/mol. The lowest BCUT2D eigenvalue weighted by Crippen LogP contribution is -2.53. The van der Waals surface area contributed by atoms with E-state index < -0.39 is 52.0 Å². The molecule has 3 aliphatic rings. The number of aromatic nitrogens is 1. The van der Waals surface area contributed by atoms with E-state index >= 15 is 0 Å². The van der Waals surface area contributed by atoms with E-state index in [9.17, 15) is 28.3 Å². The highest BCUT2D eigenvalue weighted by molar-refractivity contribution is 5.99. The van der Waals surface area contributed by atoms with E-state index in [0.717, 1.165) is 6.07 Å². The number of carbonyl (C=O) groups excluding carboxylic acids is 2. The predicted octanol–water partition coefficient (Wildman–Crippen LogP) is 2.02. The van der Waals surface area contributed by atoms with Crippen LogP contribution in [0.4, 0.5) is 8.78 Å². The zero-order valence-corrected chi connectivity index (χ0v) is 18.9. The zero-order valence-electron chi connectivity index (χ0n) is 18.9. The summed E-state index contributed by atoms with van der Waals surface area (Å²) in [4.78, 5) is 46.2. The Labute approximate surface area is 197 Å². The van der Waals surface area contributed by atoms with Crippen LogP contribution in [0.15, 0.2) is 34.3 Å². The Morgan fingerprint density at radius 2 is 2.11 bits per heavy atom. The van der Waals surface area contributed by atoms with Crippen LogP contribution in [-0.2, 0) is 16.1 Å². The molecule has 2 N–H and O–H groups in total. The summed E-state index contributed by atoms with van der Waals surface area (Å²) < 4.78 is 34.4. The summed E-state index contributed by atoms with van der Waals surface area (Å²) in [5, 5.41) is 17.1. The number of nitrogens with one attached hydrogen (secondary N) is 1. The molecule has 0 radical (unpaired) electrons. The molecule has 3 unspecified atom stereocenters. The lowest BCUT2D eigenvalue weighted by atomic mass is 9.99. The molecular formula is C23H22F2N4O6. The van der Waals surface area contributed by atoms with Crippen LogP contribution in [0.1, 0.15) is 59.1 Å². The van der Waals surface area contributed by atoms with Gasteiger partial charge in [0.25, 0.3) is 17.6 Å². The van der Waals surface area contributed by atoms with Gasteiger partial charge in [-0.3, -0.25) is 14.4 Å². The first-order valence-electron chi connectivity index (χ1n) is 11.0. The molecule has 1 saturated heterocycles. The molecule has 1 spiro atoms. The van der Waals surface area contributed by atoms with Crippen molar-refractivity contribution in [1.82, 2.24) is 14.8 Å². The first-order chi connectivity index (χ1) is 16.6. The van der Waals surface area contributed by atoms with E-state index in [-0.39, 0.29) is 36.3 Å². The third kappa shape index (κ3) is 3.60. The van der Waals surface area contributed by atoms with Gasteiger partial charge < -0.3 is 29.5 Å². The highest BCUT2D eigenvalue weighted by atomic mass is 19.1. The van der Waals surface area contributed by atoms with E-state index in [0.29, 0.717) is 18.9 Å². The molecular weight excluding hydrogens is 466 g/mol. The van der Waals surface area contributed by atoms with Gasteiger partial charge in [-0.25, -0.2) is 8.78 Å². The molecule has 0 aliphatic carbocycles. The first-order valence-corrected chi connectivity index (χ1v) is 11.0. The zero-order chi connectivity index (χ0) is 25.1. The Balaban J connectivity index is 1.55. The Morgan fingerprint density at radius 3 is 2.80 bits per heavy atom. The van der Waals surface area contributed by atoms with Crippen molar-refractivity contribution in [3.63, 3.8) is 0 Å². The van der Waals surface area contributed by atoms with Gasteiger partial charge in [-0.1, -0.05) is 6.07 Å². The number of oxime groups is 1. The van der Waals surface area contributed by atoms with Crippen molar-refractivity contribution in [3.8, 4) is 5.75 Å². The van der Waals surface area contributed by atoms with Crippen molar-refractivity contribution in [1.29, 1.82) is 0 Å². The third-order valence-corrected chi connectivity index (χ3v) is 6.68. The second-order valence-electron chi connectivity index (χ2n) is 8.87. The van der Waals surface area contributed by atoms with Gasteiger partial charge in [0.05, 0.1) is 0 Å². The number of hydrogen-bond donors (Lipinski definition) is 2.